The first kappa shape index (κ1) is 19.3. The van der Waals surface area contributed by atoms with Crippen LogP contribution in [0, 0.1) is 20.8 Å². The van der Waals surface area contributed by atoms with Crippen molar-refractivity contribution in [2.45, 2.75) is 33.8 Å². The van der Waals surface area contributed by atoms with Gasteiger partial charge in [0, 0.05) is 5.56 Å². The zero-order valence-corrected chi connectivity index (χ0v) is 15.7. The van der Waals surface area contributed by atoms with Gasteiger partial charge in [0.15, 0.2) is 6.10 Å². The number of ether oxygens (including phenoxy) is 2. The van der Waals surface area contributed by atoms with Crippen molar-refractivity contribution >= 4 is 11.8 Å². The number of methoxy groups -OCH3 is 1. The van der Waals surface area contributed by atoms with Gasteiger partial charge in [0.05, 0.1) is 7.11 Å². The molecule has 6 nitrogen and oxygen atoms in total. The quantitative estimate of drug-likeness (QED) is 0.808. The van der Waals surface area contributed by atoms with Gasteiger partial charge in [-0.2, -0.15) is 0 Å². The normalized spacial score (nSPS) is 11.4. The molecule has 26 heavy (non-hydrogen) atoms. The smallest absolute Gasteiger partial charge is 0.279 e. The van der Waals surface area contributed by atoms with Crippen molar-refractivity contribution in [3.63, 3.8) is 0 Å². The summed E-state index contributed by atoms with van der Waals surface area (Å²) in [6, 6.07) is 10.7. The van der Waals surface area contributed by atoms with E-state index < -0.39 is 17.9 Å². The molecule has 0 saturated heterocycles. The lowest BCUT2D eigenvalue weighted by atomic mass is 10.1. The molecular formula is C20H24N2O4. The highest BCUT2D eigenvalue weighted by atomic mass is 16.5. The first-order chi connectivity index (χ1) is 12.3. The third-order valence-corrected chi connectivity index (χ3v) is 4.20. The van der Waals surface area contributed by atoms with Crippen LogP contribution in [-0.4, -0.2) is 25.0 Å². The number of rotatable bonds is 5. The first-order valence-electron chi connectivity index (χ1n) is 8.31. The molecule has 0 fully saturated rings. The second kappa shape index (κ2) is 8.38. The lowest BCUT2D eigenvalue weighted by molar-refractivity contribution is -0.128. The molecule has 0 spiro atoms. The van der Waals surface area contributed by atoms with Crippen LogP contribution in [0.3, 0.4) is 0 Å². The molecule has 0 heterocycles. The van der Waals surface area contributed by atoms with E-state index in [1.807, 2.05) is 39.0 Å². The molecule has 2 N–H and O–H groups in total. The zero-order chi connectivity index (χ0) is 19.3. The van der Waals surface area contributed by atoms with Crippen molar-refractivity contribution in [1.29, 1.82) is 0 Å². The van der Waals surface area contributed by atoms with Crippen molar-refractivity contribution in [2.75, 3.05) is 7.11 Å². The van der Waals surface area contributed by atoms with Crippen molar-refractivity contribution in [1.82, 2.24) is 10.9 Å². The Labute approximate surface area is 153 Å². The third-order valence-electron chi connectivity index (χ3n) is 4.20. The molecule has 2 aromatic rings. The Morgan fingerprint density at radius 3 is 2.38 bits per heavy atom. The fourth-order valence-corrected chi connectivity index (χ4v) is 2.35. The Morgan fingerprint density at radius 2 is 1.69 bits per heavy atom. The molecule has 1 atom stereocenters. The number of carbonyl (C=O) groups is 2. The number of amides is 2. The van der Waals surface area contributed by atoms with Crippen LogP contribution in [0.1, 0.15) is 34.0 Å². The average Bonchev–Trinajstić information content (AvgIpc) is 2.63. The van der Waals surface area contributed by atoms with Gasteiger partial charge in [-0.1, -0.05) is 18.2 Å². The minimum absolute atomic E-state index is 0.385. The molecule has 138 valence electrons. The molecule has 0 saturated carbocycles. The second-order valence-electron chi connectivity index (χ2n) is 6.09. The van der Waals surface area contributed by atoms with Gasteiger partial charge in [0.25, 0.3) is 11.8 Å². The van der Waals surface area contributed by atoms with Gasteiger partial charge in [0.1, 0.15) is 11.5 Å². The van der Waals surface area contributed by atoms with Gasteiger partial charge in [0.2, 0.25) is 0 Å². The van der Waals surface area contributed by atoms with Gasteiger partial charge in [-0.05, 0) is 62.6 Å². The minimum atomic E-state index is -0.761. The van der Waals surface area contributed by atoms with Crippen LogP contribution in [0.5, 0.6) is 11.5 Å². The van der Waals surface area contributed by atoms with E-state index in [2.05, 4.69) is 10.9 Å². The lowest BCUT2D eigenvalue weighted by Gasteiger charge is -2.17. The van der Waals surface area contributed by atoms with Gasteiger partial charge < -0.3 is 9.47 Å². The molecular weight excluding hydrogens is 332 g/mol. The van der Waals surface area contributed by atoms with Gasteiger partial charge >= 0.3 is 0 Å². The fourth-order valence-electron chi connectivity index (χ4n) is 2.35. The van der Waals surface area contributed by atoms with Crippen molar-refractivity contribution in [3.8, 4) is 11.5 Å². The fraction of sp³-hybridized carbons (Fsp3) is 0.300. The highest BCUT2D eigenvalue weighted by Gasteiger charge is 2.17. The number of aryl methyl sites for hydroxylation is 2. The van der Waals surface area contributed by atoms with E-state index in [4.69, 9.17) is 9.47 Å². The summed E-state index contributed by atoms with van der Waals surface area (Å²) in [5, 5.41) is 0. The monoisotopic (exact) mass is 356 g/mol. The second-order valence-corrected chi connectivity index (χ2v) is 6.09. The van der Waals surface area contributed by atoms with Crippen LogP contribution in [0.4, 0.5) is 0 Å². The van der Waals surface area contributed by atoms with Crippen LogP contribution in [0.15, 0.2) is 36.4 Å². The topological polar surface area (TPSA) is 76.7 Å². The summed E-state index contributed by atoms with van der Waals surface area (Å²) in [6.45, 7) is 7.41. The summed E-state index contributed by atoms with van der Waals surface area (Å²) < 4.78 is 10.9. The number of hydrogen-bond donors (Lipinski definition) is 2. The molecule has 0 unspecified atom stereocenters. The number of hydrazine groups is 1. The summed E-state index contributed by atoms with van der Waals surface area (Å²) in [7, 11) is 1.54. The number of nitrogens with one attached hydrogen (secondary N) is 2. The van der Waals surface area contributed by atoms with Crippen LogP contribution >= 0.6 is 0 Å². The Kier molecular flexibility index (Phi) is 6.22. The standard InChI is InChI=1S/C20H24N2O4/c1-12-7-6-8-17(14(12)3)26-15(4)19(23)21-22-20(24)16-10-9-13(2)18(11-16)25-5/h6-11,15H,1-5H3,(H,21,23)(H,22,24)/t15-/m0/s1. The van der Waals surface area contributed by atoms with E-state index in [0.717, 1.165) is 16.7 Å². The maximum Gasteiger partial charge on any atom is 0.279 e. The highest BCUT2D eigenvalue weighted by molar-refractivity contribution is 5.96. The summed E-state index contributed by atoms with van der Waals surface area (Å²) in [6.07, 6.45) is -0.761. The van der Waals surface area contributed by atoms with Crippen LogP contribution in [0.25, 0.3) is 0 Å². The molecule has 6 heteroatoms. The maximum atomic E-state index is 12.2. The summed E-state index contributed by atoms with van der Waals surface area (Å²) in [4.78, 5) is 24.4. The van der Waals surface area contributed by atoms with Crippen molar-refractivity contribution in [2.24, 2.45) is 0 Å². The lowest BCUT2D eigenvalue weighted by Crippen LogP contribution is -2.47. The van der Waals surface area contributed by atoms with E-state index in [1.165, 1.54) is 7.11 Å². The van der Waals surface area contributed by atoms with E-state index in [1.54, 1.807) is 25.1 Å². The predicted molar refractivity (Wildman–Crippen MR) is 99.3 cm³/mol. The Morgan fingerprint density at radius 1 is 0.962 bits per heavy atom. The van der Waals surface area contributed by atoms with Gasteiger partial charge in [-0.3, -0.25) is 20.4 Å². The van der Waals surface area contributed by atoms with E-state index in [9.17, 15) is 9.59 Å². The largest absolute Gasteiger partial charge is 0.496 e. The Hall–Kier alpha value is -3.02. The average molecular weight is 356 g/mol. The van der Waals surface area contributed by atoms with E-state index >= 15 is 0 Å². The number of carbonyl (C=O) groups excluding carboxylic acids is 2. The summed E-state index contributed by atoms with van der Waals surface area (Å²) in [5.74, 6) is 0.367. The minimum Gasteiger partial charge on any atom is -0.496 e. The predicted octanol–water partition coefficient (Wildman–Crippen LogP) is 2.85. The molecule has 2 amide bonds. The molecule has 2 rings (SSSR count). The summed E-state index contributed by atoms with van der Waals surface area (Å²) in [5.41, 5.74) is 8.13. The summed E-state index contributed by atoms with van der Waals surface area (Å²) >= 11 is 0. The highest BCUT2D eigenvalue weighted by Crippen LogP contribution is 2.22. The molecule has 2 aromatic carbocycles. The molecule has 0 aliphatic carbocycles. The Bertz CT molecular complexity index is 817. The van der Waals surface area contributed by atoms with Gasteiger partial charge in [-0.25, -0.2) is 0 Å². The molecule has 0 aliphatic heterocycles. The molecule has 0 bridgehead atoms. The molecule has 0 radical (unpaired) electrons. The van der Waals surface area contributed by atoms with Crippen LogP contribution in [0.2, 0.25) is 0 Å². The van der Waals surface area contributed by atoms with Crippen LogP contribution in [-0.2, 0) is 4.79 Å². The third kappa shape index (κ3) is 4.53. The maximum absolute atomic E-state index is 12.2. The van der Waals surface area contributed by atoms with E-state index in [-0.39, 0.29) is 0 Å². The number of benzene rings is 2. The molecule has 0 aliphatic rings. The number of hydrogen-bond acceptors (Lipinski definition) is 4. The van der Waals surface area contributed by atoms with E-state index in [0.29, 0.717) is 17.1 Å². The Balaban J connectivity index is 1.95. The SMILES string of the molecule is COc1cc(C(=O)NNC(=O)[C@H](C)Oc2cccc(C)c2C)ccc1C. The first-order valence-corrected chi connectivity index (χ1v) is 8.31. The van der Waals surface area contributed by atoms with Crippen molar-refractivity contribution in [3.05, 3.63) is 58.7 Å². The van der Waals surface area contributed by atoms with Crippen LogP contribution < -0.4 is 20.3 Å². The zero-order valence-electron chi connectivity index (χ0n) is 15.7. The molecule has 0 aromatic heterocycles. The van der Waals surface area contributed by atoms with Crippen molar-refractivity contribution < 1.29 is 19.1 Å². The van der Waals surface area contributed by atoms with Gasteiger partial charge in [-0.15, -0.1) is 0 Å².